The number of hydrogen-bond donors (Lipinski definition) is 4. The van der Waals surface area contributed by atoms with Gasteiger partial charge in [-0.2, -0.15) is 4.31 Å². The van der Waals surface area contributed by atoms with Gasteiger partial charge in [0.2, 0.25) is 5.75 Å². The molecule has 3 unspecified atom stereocenters. The van der Waals surface area contributed by atoms with Crippen molar-refractivity contribution in [1.82, 2.24) is 4.98 Å². The van der Waals surface area contributed by atoms with Crippen LogP contribution in [0.1, 0.15) is 22.0 Å². The van der Waals surface area contributed by atoms with Crippen LogP contribution in [0.3, 0.4) is 0 Å². The molecule has 5 rings (SSSR count). The molecule has 3 aromatic carbocycles. The quantitative estimate of drug-likeness (QED) is 0.118. The monoisotopic (exact) mass is 669 g/mol. The Hall–Kier alpha value is -3.32. The van der Waals surface area contributed by atoms with Crippen LogP contribution in [0.4, 0.5) is 5.69 Å². The number of phosphoric acid groups is 2. The molecular formula is C27H30ClN3O11P2. The number of aromatic amines is 1. The number of ether oxygens (including phenoxy) is 3. The van der Waals surface area contributed by atoms with Crippen LogP contribution in [0.2, 0.25) is 0 Å². The van der Waals surface area contributed by atoms with Crippen molar-refractivity contribution in [3.63, 3.8) is 0 Å². The summed E-state index contributed by atoms with van der Waals surface area (Å²) in [5.41, 5.74) is 7.07. The van der Waals surface area contributed by atoms with Gasteiger partial charge in [0, 0.05) is 41.7 Å². The van der Waals surface area contributed by atoms with E-state index in [-0.39, 0.29) is 36.3 Å². The maximum absolute atomic E-state index is 14.1. The Bertz CT molecular complexity index is 1830. The number of hydrogen-bond acceptors (Lipinski definition) is 10. The molecule has 0 saturated carbocycles. The molecular weight excluding hydrogens is 640 g/mol. The van der Waals surface area contributed by atoms with E-state index in [0.29, 0.717) is 44.6 Å². The van der Waals surface area contributed by atoms with Crippen molar-refractivity contribution in [1.29, 1.82) is 0 Å². The van der Waals surface area contributed by atoms with E-state index < -0.39 is 28.2 Å². The number of methoxy groups -OCH3 is 3. The molecule has 17 heteroatoms. The zero-order valence-corrected chi connectivity index (χ0v) is 26.4. The van der Waals surface area contributed by atoms with Crippen molar-refractivity contribution in [2.45, 2.75) is 5.92 Å². The van der Waals surface area contributed by atoms with E-state index in [0.717, 1.165) is 5.56 Å². The summed E-state index contributed by atoms with van der Waals surface area (Å²) < 4.78 is 55.8. The molecule has 0 saturated heterocycles. The first kappa shape index (κ1) is 32.1. The number of fused-ring (bicyclic) bond motifs is 4. The summed E-state index contributed by atoms with van der Waals surface area (Å²) in [5, 5.41) is 1.61. The number of anilines is 1. The highest BCUT2D eigenvalue weighted by atomic mass is 35.5. The molecule has 1 aliphatic rings. The molecule has 3 atom stereocenters. The molecule has 1 aromatic heterocycles. The Balaban J connectivity index is 1.59. The average Bonchev–Trinajstić information content (AvgIpc) is 3.59. The third kappa shape index (κ3) is 6.00. The lowest BCUT2D eigenvalue weighted by Gasteiger charge is -2.20. The highest BCUT2D eigenvalue weighted by Gasteiger charge is 2.39. The fourth-order valence-electron chi connectivity index (χ4n) is 5.27. The van der Waals surface area contributed by atoms with Gasteiger partial charge in [-0.1, -0.05) is 24.3 Å². The number of benzene rings is 3. The van der Waals surface area contributed by atoms with E-state index >= 15 is 0 Å². The van der Waals surface area contributed by atoms with Crippen LogP contribution < -0.4 is 29.4 Å². The molecule has 0 bridgehead atoms. The lowest BCUT2D eigenvalue weighted by atomic mass is 9.95. The molecule has 0 radical (unpaired) electrons. The van der Waals surface area contributed by atoms with Crippen molar-refractivity contribution in [3.8, 4) is 23.0 Å². The summed E-state index contributed by atoms with van der Waals surface area (Å²) >= 11 is 6.38. The molecule has 44 heavy (non-hydrogen) atoms. The lowest BCUT2D eigenvalue weighted by molar-refractivity contribution is 0.0984. The summed E-state index contributed by atoms with van der Waals surface area (Å²) in [6.07, 6.45) is 0. The number of H-pyrrole nitrogens is 1. The summed E-state index contributed by atoms with van der Waals surface area (Å²) in [6.45, 7) is -0.336. The number of halogens is 1. The van der Waals surface area contributed by atoms with Gasteiger partial charge < -0.3 is 39.2 Å². The van der Waals surface area contributed by atoms with Crippen molar-refractivity contribution in [2.24, 2.45) is 5.73 Å². The Morgan fingerprint density at radius 3 is 2.36 bits per heavy atom. The number of nitrogens with two attached hydrogens (primary N) is 1. The van der Waals surface area contributed by atoms with Gasteiger partial charge in [-0.3, -0.25) is 14.2 Å². The maximum Gasteiger partial charge on any atom is 0.536 e. The molecule has 0 spiro atoms. The largest absolute Gasteiger partial charge is 0.536 e. The van der Waals surface area contributed by atoms with Gasteiger partial charge in [0.15, 0.2) is 11.5 Å². The second-order valence-corrected chi connectivity index (χ2v) is 12.9. The smallest absolute Gasteiger partial charge is 0.493 e. The van der Waals surface area contributed by atoms with Gasteiger partial charge in [-0.15, -0.1) is 11.6 Å². The van der Waals surface area contributed by atoms with Crippen LogP contribution in [0, 0.1) is 0 Å². The van der Waals surface area contributed by atoms with E-state index in [2.05, 4.69) is 13.8 Å². The van der Waals surface area contributed by atoms with E-state index in [1.807, 2.05) is 0 Å². The van der Waals surface area contributed by atoms with Crippen LogP contribution in [-0.2, 0) is 18.0 Å². The van der Waals surface area contributed by atoms with Crippen LogP contribution in [-0.4, -0.2) is 67.6 Å². The number of amides is 1. The Kier molecular flexibility index (Phi) is 9.18. The highest BCUT2D eigenvalue weighted by Crippen LogP contribution is 2.61. The summed E-state index contributed by atoms with van der Waals surface area (Å²) in [6, 6.07) is 11.6. The van der Waals surface area contributed by atoms with Crippen LogP contribution in [0.25, 0.3) is 21.7 Å². The summed E-state index contributed by atoms with van der Waals surface area (Å²) in [7, 11) is -5.79. The van der Waals surface area contributed by atoms with Gasteiger partial charge >= 0.3 is 15.6 Å². The third-order valence-electron chi connectivity index (χ3n) is 7.00. The van der Waals surface area contributed by atoms with Gasteiger partial charge in [-0.05, 0) is 23.1 Å². The van der Waals surface area contributed by atoms with E-state index in [4.69, 9.17) is 36.1 Å². The van der Waals surface area contributed by atoms with Gasteiger partial charge in [0.25, 0.3) is 5.91 Å². The summed E-state index contributed by atoms with van der Waals surface area (Å²) in [5.74, 6) is 0.366. The van der Waals surface area contributed by atoms with Gasteiger partial charge in [0.1, 0.15) is 11.4 Å². The number of nitrogens with zero attached hydrogens (tertiary/aromatic N) is 1. The first-order valence-electron chi connectivity index (χ1n) is 13.1. The van der Waals surface area contributed by atoms with Gasteiger partial charge in [-0.25, -0.2) is 9.13 Å². The Morgan fingerprint density at radius 1 is 1.02 bits per heavy atom. The van der Waals surface area contributed by atoms with Crippen molar-refractivity contribution < 1.29 is 51.3 Å². The molecule has 2 heterocycles. The Labute approximate surface area is 256 Å². The fraction of sp³-hybridized carbons (Fsp3) is 0.296. The fourth-order valence-corrected chi connectivity index (χ4v) is 7.63. The molecule has 1 aliphatic heterocycles. The van der Waals surface area contributed by atoms with Crippen molar-refractivity contribution in [2.75, 3.05) is 51.8 Å². The topological polar surface area (TPSA) is 192 Å². The zero-order valence-electron chi connectivity index (χ0n) is 23.8. The molecule has 236 valence electrons. The predicted molar refractivity (Wildman–Crippen MR) is 163 cm³/mol. The zero-order chi connectivity index (χ0) is 31.8. The second-order valence-electron chi connectivity index (χ2n) is 9.64. The molecule has 1 amide bonds. The molecule has 0 aliphatic carbocycles. The number of alkyl halides is 1. The first-order valence-corrected chi connectivity index (χ1v) is 16.7. The number of rotatable bonds is 12. The average molecular weight is 670 g/mol. The number of nitrogens with one attached hydrogen (secondary N) is 1. The number of phosphoric ester groups is 2. The summed E-state index contributed by atoms with van der Waals surface area (Å²) in [4.78, 5) is 38.9. The second kappa shape index (κ2) is 12.6. The number of carbonyl (C=O) groups is 1. The molecule has 4 aromatic rings. The van der Waals surface area contributed by atoms with Crippen molar-refractivity contribution >= 4 is 60.5 Å². The first-order chi connectivity index (χ1) is 21.0. The van der Waals surface area contributed by atoms with Crippen LogP contribution >= 0.6 is 27.2 Å². The molecule has 0 fully saturated rings. The van der Waals surface area contributed by atoms with Crippen LogP contribution in [0.15, 0.2) is 42.5 Å². The standard InChI is InChI=1S/C27H30ClN3O11P2/c1-37-22-11-15-10-19(30-24(15)26(39-3)25(22)38-2)27(32)31-14-16(13-28)23-18-7-5-4-6-17(18)21(12-20(23)31)41-44(35,36)42-43(33,34)40-9-8-29/h4-7,10-12,16,30H,8-9,13-14,29H2,1-3H3,(H,33,34)(H,35,36). The van der Waals surface area contributed by atoms with Gasteiger partial charge in [0.05, 0.1) is 39.1 Å². The minimum Gasteiger partial charge on any atom is -0.493 e. The minimum atomic E-state index is -5.23. The number of carbonyl (C=O) groups excluding carboxylic acids is 1. The Morgan fingerprint density at radius 2 is 1.73 bits per heavy atom. The van der Waals surface area contributed by atoms with Crippen molar-refractivity contribution in [3.05, 3.63) is 53.7 Å². The third-order valence-corrected chi connectivity index (χ3v) is 9.96. The van der Waals surface area contributed by atoms with E-state index in [1.54, 1.807) is 36.4 Å². The molecule has 14 nitrogen and oxygen atoms in total. The molecule has 5 N–H and O–H groups in total. The normalized spacial score (nSPS) is 17.2. The SMILES string of the molecule is COc1cc2cc(C(=O)N3CC(CCl)c4c3cc(OP(=O)(O)OP(=O)(O)OCCN)c3ccccc43)[nH]c2c(OC)c1OC. The highest BCUT2D eigenvalue weighted by molar-refractivity contribution is 7.61. The lowest BCUT2D eigenvalue weighted by Crippen LogP contribution is -2.30. The predicted octanol–water partition coefficient (Wildman–Crippen LogP) is 4.90. The van der Waals surface area contributed by atoms with Crippen LogP contribution in [0.5, 0.6) is 23.0 Å². The number of aromatic nitrogens is 1. The minimum absolute atomic E-state index is 0.129. The maximum atomic E-state index is 14.1. The van der Waals surface area contributed by atoms with E-state index in [1.165, 1.54) is 32.3 Å². The van der Waals surface area contributed by atoms with E-state index in [9.17, 15) is 23.7 Å².